The zero-order valence-electron chi connectivity index (χ0n) is 24.9. The molecule has 8 nitrogen and oxygen atoms in total. The number of hydrogen-bond acceptors (Lipinski definition) is 5. The first-order valence-corrected chi connectivity index (χ1v) is 14.1. The molecule has 0 radical (unpaired) electrons. The van der Waals surface area contributed by atoms with Crippen molar-refractivity contribution >= 4 is 34.7 Å². The van der Waals surface area contributed by atoms with Crippen LogP contribution in [0.5, 0.6) is 11.5 Å². The molecule has 0 fully saturated rings. The van der Waals surface area contributed by atoms with Gasteiger partial charge in [0, 0.05) is 59.6 Å². The van der Waals surface area contributed by atoms with Crippen LogP contribution in [-0.4, -0.2) is 51.5 Å². The Balaban J connectivity index is 1.40. The maximum atomic E-state index is 15.2. The van der Waals surface area contributed by atoms with E-state index in [1.807, 2.05) is 24.3 Å². The monoisotopic (exact) mass is 611 g/mol. The summed E-state index contributed by atoms with van der Waals surface area (Å²) in [5, 5.41) is 5.21. The first-order chi connectivity index (χ1) is 21.7. The number of anilines is 2. The van der Waals surface area contributed by atoms with Gasteiger partial charge in [0.05, 0.1) is 19.9 Å². The molecule has 0 atom stereocenters. The molecule has 1 heterocycles. The van der Waals surface area contributed by atoms with Gasteiger partial charge in [0.2, 0.25) is 5.91 Å². The average Bonchev–Trinajstić information content (AvgIpc) is 3.17. The Labute approximate surface area is 259 Å². The summed E-state index contributed by atoms with van der Waals surface area (Å²) in [6.07, 6.45) is 0.217. The number of para-hydroxylation sites is 2. The van der Waals surface area contributed by atoms with Crippen molar-refractivity contribution in [3.8, 4) is 22.6 Å². The number of benzene rings is 4. The number of nitrogens with zero attached hydrogens (tertiary/aromatic N) is 1. The molecular weight excluding hydrogens is 580 g/mol. The van der Waals surface area contributed by atoms with Gasteiger partial charge in [-0.05, 0) is 48.0 Å². The highest BCUT2D eigenvalue weighted by Crippen LogP contribution is 2.43. The fraction of sp³-hybridized carbons (Fsp3) is 0.171. The highest BCUT2D eigenvalue weighted by atomic mass is 19.3. The van der Waals surface area contributed by atoms with Gasteiger partial charge >= 0.3 is 0 Å². The number of hydrogen-bond donors (Lipinski definition) is 2. The zero-order chi connectivity index (χ0) is 32.1. The molecule has 4 aromatic rings. The van der Waals surface area contributed by atoms with Gasteiger partial charge in [-0.3, -0.25) is 14.4 Å². The van der Waals surface area contributed by atoms with Crippen molar-refractivity contribution in [3.05, 3.63) is 114 Å². The lowest BCUT2D eigenvalue weighted by Crippen LogP contribution is -2.33. The predicted octanol–water partition coefficient (Wildman–Crippen LogP) is 6.44. The molecule has 0 aliphatic carbocycles. The normalized spacial score (nSPS) is 14.6. The third-order valence-electron chi connectivity index (χ3n) is 7.55. The van der Waals surface area contributed by atoms with E-state index in [1.165, 1.54) is 44.4 Å². The molecule has 5 rings (SSSR count). The van der Waals surface area contributed by atoms with E-state index in [2.05, 4.69) is 10.6 Å². The molecule has 0 saturated carbocycles. The average molecular weight is 612 g/mol. The van der Waals surface area contributed by atoms with Gasteiger partial charge in [-0.25, -0.2) is 8.78 Å². The largest absolute Gasteiger partial charge is 0.493 e. The number of amides is 3. The van der Waals surface area contributed by atoms with Gasteiger partial charge in [-0.15, -0.1) is 0 Å². The van der Waals surface area contributed by atoms with E-state index in [9.17, 15) is 14.4 Å². The SMILES string of the molecule is CNC(=O)/C=C1/c2ccccc2N(C(=O)c2ccc(NC(=O)c3ccccc3-c3cccc(OC)c3OC)cc2)CCC1(F)F. The molecule has 2 N–H and O–H groups in total. The number of fused-ring (bicyclic) bond motifs is 1. The lowest BCUT2D eigenvalue weighted by atomic mass is 9.97. The number of allylic oxidation sites excluding steroid dienone is 1. The van der Waals surface area contributed by atoms with E-state index in [4.69, 9.17) is 9.47 Å². The summed E-state index contributed by atoms with van der Waals surface area (Å²) in [6, 6.07) is 25.0. The van der Waals surface area contributed by atoms with Crippen LogP contribution >= 0.6 is 0 Å². The van der Waals surface area contributed by atoms with Crippen LogP contribution in [0.2, 0.25) is 0 Å². The molecule has 0 unspecified atom stereocenters. The first-order valence-electron chi connectivity index (χ1n) is 14.1. The van der Waals surface area contributed by atoms with Gasteiger partial charge in [-0.2, -0.15) is 0 Å². The van der Waals surface area contributed by atoms with Crippen molar-refractivity contribution in [2.24, 2.45) is 0 Å². The molecule has 1 aliphatic rings. The maximum absolute atomic E-state index is 15.2. The number of carbonyl (C=O) groups excluding carboxylic acids is 3. The highest BCUT2D eigenvalue weighted by Gasteiger charge is 2.41. The molecule has 0 saturated heterocycles. The molecule has 0 aromatic heterocycles. The van der Waals surface area contributed by atoms with E-state index in [0.717, 1.165) is 6.08 Å². The van der Waals surface area contributed by atoms with Crippen molar-refractivity contribution in [1.82, 2.24) is 5.32 Å². The minimum Gasteiger partial charge on any atom is -0.493 e. The van der Waals surface area contributed by atoms with Crippen molar-refractivity contribution in [2.45, 2.75) is 12.3 Å². The van der Waals surface area contributed by atoms with Crippen LogP contribution in [0.4, 0.5) is 20.2 Å². The van der Waals surface area contributed by atoms with Crippen molar-refractivity contribution < 1.29 is 32.6 Å². The summed E-state index contributed by atoms with van der Waals surface area (Å²) in [4.78, 5) is 40.4. The second kappa shape index (κ2) is 13.0. The van der Waals surface area contributed by atoms with Crippen LogP contribution in [0.15, 0.2) is 97.1 Å². The first kappa shape index (κ1) is 30.9. The summed E-state index contributed by atoms with van der Waals surface area (Å²) in [5.41, 5.74) is 2.32. The standard InChI is InChI=1S/C35H31F2N3O5/c1-38-31(41)21-28-27-11-6-7-13-29(27)40(20-19-35(28,36)37)34(43)22-15-17-23(18-16-22)39-33(42)26-10-5-4-9-24(26)25-12-8-14-30(44-2)32(25)45-3/h4-18,21H,19-20H2,1-3H3,(H,38,41)(H,39,42)/b28-21-. The zero-order valence-corrected chi connectivity index (χ0v) is 24.9. The van der Waals surface area contributed by atoms with Crippen LogP contribution in [0.3, 0.4) is 0 Å². The topological polar surface area (TPSA) is 97.0 Å². The van der Waals surface area contributed by atoms with Crippen LogP contribution in [0.1, 0.15) is 32.7 Å². The Morgan fingerprint density at radius 3 is 2.18 bits per heavy atom. The third kappa shape index (κ3) is 6.26. The second-order valence-corrected chi connectivity index (χ2v) is 10.2. The molecule has 45 heavy (non-hydrogen) atoms. The Hall–Kier alpha value is -5.51. The number of rotatable bonds is 7. The third-order valence-corrected chi connectivity index (χ3v) is 7.55. The number of carbonyl (C=O) groups is 3. The molecule has 230 valence electrons. The maximum Gasteiger partial charge on any atom is 0.275 e. The smallest absolute Gasteiger partial charge is 0.275 e. The van der Waals surface area contributed by atoms with Gasteiger partial charge in [0.15, 0.2) is 11.5 Å². The van der Waals surface area contributed by atoms with Gasteiger partial charge < -0.3 is 25.0 Å². The number of halogens is 2. The fourth-order valence-corrected chi connectivity index (χ4v) is 5.30. The molecule has 0 bridgehead atoms. The summed E-state index contributed by atoms with van der Waals surface area (Å²) < 4.78 is 41.5. The molecule has 1 aliphatic heterocycles. The summed E-state index contributed by atoms with van der Waals surface area (Å²) in [6.45, 7) is -0.267. The van der Waals surface area contributed by atoms with Gasteiger partial charge in [0.25, 0.3) is 17.7 Å². The van der Waals surface area contributed by atoms with E-state index in [1.54, 1.807) is 48.5 Å². The van der Waals surface area contributed by atoms with Gasteiger partial charge in [-0.1, -0.05) is 48.5 Å². The van der Waals surface area contributed by atoms with E-state index in [-0.39, 0.29) is 29.3 Å². The summed E-state index contributed by atoms with van der Waals surface area (Å²) in [5.74, 6) is -3.85. The van der Waals surface area contributed by atoms with Crippen molar-refractivity contribution in [3.63, 3.8) is 0 Å². The second-order valence-electron chi connectivity index (χ2n) is 10.2. The van der Waals surface area contributed by atoms with Crippen molar-refractivity contribution in [1.29, 1.82) is 0 Å². The van der Waals surface area contributed by atoms with Crippen molar-refractivity contribution in [2.75, 3.05) is 38.0 Å². The molecule has 4 aromatic carbocycles. The molecule has 3 amide bonds. The van der Waals surface area contributed by atoms with Crippen LogP contribution in [0, 0.1) is 0 Å². The summed E-state index contributed by atoms with van der Waals surface area (Å²) >= 11 is 0. The molecule has 10 heteroatoms. The van der Waals surface area contributed by atoms with E-state index >= 15 is 8.78 Å². The van der Waals surface area contributed by atoms with Crippen LogP contribution in [-0.2, 0) is 4.79 Å². The van der Waals surface area contributed by atoms with Gasteiger partial charge in [0.1, 0.15) is 0 Å². The lowest BCUT2D eigenvalue weighted by Gasteiger charge is -2.23. The van der Waals surface area contributed by atoms with E-state index < -0.39 is 29.7 Å². The number of likely N-dealkylation sites (N-methyl/N-ethyl adjacent to an activating group) is 1. The number of methoxy groups -OCH3 is 2. The molecular formula is C35H31F2N3O5. The van der Waals surface area contributed by atoms with Crippen LogP contribution in [0.25, 0.3) is 16.7 Å². The van der Waals surface area contributed by atoms with E-state index in [0.29, 0.717) is 33.9 Å². The number of nitrogens with one attached hydrogen (secondary N) is 2. The van der Waals surface area contributed by atoms with Crippen LogP contribution < -0.4 is 25.0 Å². The quantitative estimate of drug-likeness (QED) is 0.235. The summed E-state index contributed by atoms with van der Waals surface area (Å²) in [7, 11) is 4.43. The highest BCUT2D eigenvalue weighted by molar-refractivity contribution is 6.11. The molecule has 0 spiro atoms. The predicted molar refractivity (Wildman–Crippen MR) is 169 cm³/mol. The Morgan fingerprint density at radius 2 is 1.49 bits per heavy atom. The Bertz CT molecular complexity index is 1790. The minimum atomic E-state index is -3.34. The Kier molecular flexibility index (Phi) is 8.94. The minimum absolute atomic E-state index is 0.104. The Morgan fingerprint density at radius 1 is 0.822 bits per heavy atom. The fourth-order valence-electron chi connectivity index (χ4n) is 5.30. The number of alkyl halides is 2. The number of ether oxygens (including phenoxy) is 2. The lowest BCUT2D eigenvalue weighted by molar-refractivity contribution is -0.116.